The SMILES string of the molecule is COc1cc(/C=C2\SC(=O)N(CC(=O)N3CCc4ccccc4C3)C2=O)cc(Br)c1OCc1ccccc1C#N. The Hall–Kier alpha value is -4.07. The first-order valence-corrected chi connectivity index (χ1v) is 14.1. The van der Waals surface area contributed by atoms with Gasteiger partial charge < -0.3 is 14.4 Å². The Kier molecular flexibility index (Phi) is 8.24. The number of nitrogens with zero attached hydrogens (tertiary/aromatic N) is 3. The molecule has 3 amide bonds. The van der Waals surface area contributed by atoms with E-state index in [1.807, 2.05) is 30.3 Å². The van der Waals surface area contributed by atoms with Crippen LogP contribution in [0.3, 0.4) is 0 Å². The number of nitriles is 1. The van der Waals surface area contributed by atoms with Crippen molar-refractivity contribution in [2.24, 2.45) is 0 Å². The van der Waals surface area contributed by atoms with E-state index < -0.39 is 11.1 Å². The number of ether oxygens (including phenoxy) is 2. The summed E-state index contributed by atoms with van der Waals surface area (Å²) in [5, 5.41) is 8.85. The second kappa shape index (κ2) is 12.0. The molecule has 2 aliphatic heterocycles. The van der Waals surface area contributed by atoms with Crippen LogP contribution in [-0.2, 0) is 29.2 Å². The molecule has 0 unspecified atom stereocenters. The van der Waals surface area contributed by atoms with Gasteiger partial charge in [0.1, 0.15) is 13.2 Å². The first kappa shape index (κ1) is 27.5. The zero-order valence-electron chi connectivity index (χ0n) is 21.6. The fraction of sp³-hybridized carbons (Fsp3) is 0.200. The average Bonchev–Trinajstić information content (AvgIpc) is 3.23. The number of carbonyl (C=O) groups is 3. The highest BCUT2D eigenvalue weighted by Crippen LogP contribution is 2.39. The molecule has 10 heteroatoms. The number of halogens is 1. The molecule has 0 bridgehead atoms. The van der Waals surface area contributed by atoms with Crippen LogP contribution in [-0.4, -0.2) is 47.1 Å². The van der Waals surface area contributed by atoms with Crippen LogP contribution in [0.4, 0.5) is 4.79 Å². The van der Waals surface area contributed by atoms with Gasteiger partial charge in [0.25, 0.3) is 11.1 Å². The molecule has 1 saturated heterocycles. The summed E-state index contributed by atoms with van der Waals surface area (Å²) >= 11 is 4.30. The van der Waals surface area contributed by atoms with Crippen molar-refractivity contribution >= 4 is 50.8 Å². The van der Waals surface area contributed by atoms with E-state index in [1.165, 1.54) is 12.7 Å². The summed E-state index contributed by atoms with van der Waals surface area (Å²) in [6.45, 7) is 0.874. The molecule has 0 aliphatic carbocycles. The summed E-state index contributed by atoms with van der Waals surface area (Å²) in [5.41, 5.74) is 4.16. The zero-order valence-corrected chi connectivity index (χ0v) is 24.0. The van der Waals surface area contributed by atoms with Gasteiger partial charge in [0.2, 0.25) is 5.91 Å². The number of methoxy groups -OCH3 is 1. The van der Waals surface area contributed by atoms with E-state index in [0.29, 0.717) is 40.2 Å². The molecular formula is C30H24BrN3O5S. The lowest BCUT2D eigenvalue weighted by molar-refractivity contribution is -0.136. The first-order chi connectivity index (χ1) is 19.4. The standard InChI is InChI=1S/C30H24BrN3O5S/c1-38-25-13-19(12-24(31)28(25)39-18-23-9-5-3-7-21(23)15-32)14-26-29(36)34(30(37)40-26)17-27(35)33-11-10-20-6-2-4-8-22(20)16-33/h2-9,12-14H,10-11,16-18H2,1H3/b26-14-. The molecule has 40 heavy (non-hydrogen) atoms. The first-order valence-electron chi connectivity index (χ1n) is 12.5. The third-order valence-electron chi connectivity index (χ3n) is 6.71. The predicted octanol–water partition coefficient (Wildman–Crippen LogP) is 5.53. The second-order valence-corrected chi connectivity index (χ2v) is 11.0. The number of hydrogen-bond donors (Lipinski definition) is 0. The van der Waals surface area contributed by atoms with E-state index in [0.717, 1.165) is 34.2 Å². The van der Waals surface area contributed by atoms with Gasteiger partial charge in [-0.05, 0) is 75.1 Å². The highest BCUT2D eigenvalue weighted by atomic mass is 79.9. The Morgan fingerprint density at radius 3 is 2.65 bits per heavy atom. The molecule has 0 radical (unpaired) electrons. The lowest BCUT2D eigenvalue weighted by Gasteiger charge is -2.29. The minimum Gasteiger partial charge on any atom is -0.493 e. The van der Waals surface area contributed by atoms with Crippen molar-refractivity contribution in [3.63, 3.8) is 0 Å². The summed E-state index contributed by atoms with van der Waals surface area (Å²) in [6, 6.07) is 20.7. The van der Waals surface area contributed by atoms with Gasteiger partial charge in [0.15, 0.2) is 11.5 Å². The minimum absolute atomic E-state index is 0.160. The third kappa shape index (κ3) is 5.76. The lowest BCUT2D eigenvalue weighted by Crippen LogP contribution is -2.44. The molecule has 3 aromatic carbocycles. The summed E-state index contributed by atoms with van der Waals surface area (Å²) < 4.78 is 12.1. The Balaban J connectivity index is 1.29. The highest BCUT2D eigenvalue weighted by molar-refractivity contribution is 9.10. The van der Waals surface area contributed by atoms with Gasteiger partial charge in [-0.25, -0.2) is 0 Å². The lowest BCUT2D eigenvalue weighted by atomic mass is 10.00. The quantitative estimate of drug-likeness (QED) is 0.321. The number of benzene rings is 3. The number of carbonyl (C=O) groups excluding carboxylic acids is 3. The Bertz CT molecular complexity index is 1580. The molecule has 5 rings (SSSR count). The van der Waals surface area contributed by atoms with E-state index in [-0.39, 0.29) is 24.0 Å². The molecule has 8 nitrogen and oxygen atoms in total. The molecule has 0 N–H and O–H groups in total. The van der Waals surface area contributed by atoms with Gasteiger partial charge in [-0.3, -0.25) is 19.3 Å². The summed E-state index contributed by atoms with van der Waals surface area (Å²) in [5.74, 6) is 0.0790. The topological polar surface area (TPSA) is 99.9 Å². The van der Waals surface area contributed by atoms with Crippen LogP contribution < -0.4 is 9.47 Å². The van der Waals surface area contributed by atoms with Crippen LogP contribution in [0.25, 0.3) is 6.08 Å². The molecule has 2 aliphatic rings. The molecule has 3 aromatic rings. The van der Waals surface area contributed by atoms with Gasteiger partial charge in [0, 0.05) is 18.7 Å². The summed E-state index contributed by atoms with van der Waals surface area (Å²) in [6.07, 6.45) is 2.33. The zero-order chi connectivity index (χ0) is 28.2. The van der Waals surface area contributed by atoms with Crippen LogP contribution in [0.15, 0.2) is 70.0 Å². The molecule has 202 valence electrons. The van der Waals surface area contributed by atoms with Crippen LogP contribution in [0.5, 0.6) is 11.5 Å². The van der Waals surface area contributed by atoms with E-state index in [9.17, 15) is 19.6 Å². The summed E-state index contributed by atoms with van der Waals surface area (Å²) in [4.78, 5) is 41.7. The van der Waals surface area contributed by atoms with E-state index in [2.05, 4.69) is 28.1 Å². The summed E-state index contributed by atoms with van der Waals surface area (Å²) in [7, 11) is 1.50. The largest absolute Gasteiger partial charge is 0.493 e. The Morgan fingerprint density at radius 2 is 1.88 bits per heavy atom. The number of hydrogen-bond acceptors (Lipinski definition) is 7. The van der Waals surface area contributed by atoms with E-state index in [4.69, 9.17) is 9.47 Å². The monoisotopic (exact) mass is 617 g/mol. The van der Waals surface area contributed by atoms with Crippen molar-refractivity contribution in [3.8, 4) is 17.6 Å². The van der Waals surface area contributed by atoms with Crippen molar-refractivity contribution < 1.29 is 23.9 Å². The van der Waals surface area contributed by atoms with Crippen molar-refractivity contribution in [2.45, 2.75) is 19.6 Å². The van der Waals surface area contributed by atoms with Crippen molar-refractivity contribution in [2.75, 3.05) is 20.2 Å². The molecule has 0 spiro atoms. The number of thioether (sulfide) groups is 1. The highest BCUT2D eigenvalue weighted by Gasteiger charge is 2.37. The van der Waals surface area contributed by atoms with Crippen LogP contribution >= 0.6 is 27.7 Å². The van der Waals surface area contributed by atoms with Gasteiger partial charge in [-0.2, -0.15) is 5.26 Å². The second-order valence-electron chi connectivity index (χ2n) is 9.19. The average molecular weight is 619 g/mol. The van der Waals surface area contributed by atoms with Crippen molar-refractivity contribution in [1.82, 2.24) is 9.80 Å². The maximum atomic E-state index is 13.1. The van der Waals surface area contributed by atoms with Gasteiger partial charge in [0.05, 0.1) is 28.1 Å². The van der Waals surface area contributed by atoms with Gasteiger partial charge in [-0.1, -0.05) is 42.5 Å². The maximum Gasteiger partial charge on any atom is 0.294 e. The predicted molar refractivity (Wildman–Crippen MR) is 154 cm³/mol. The van der Waals surface area contributed by atoms with Crippen molar-refractivity contribution in [1.29, 1.82) is 5.26 Å². The van der Waals surface area contributed by atoms with Gasteiger partial charge >= 0.3 is 0 Å². The molecule has 0 aromatic heterocycles. The molecule has 0 atom stereocenters. The number of fused-ring (bicyclic) bond motifs is 1. The third-order valence-corrected chi connectivity index (χ3v) is 8.21. The Labute approximate surface area is 244 Å². The Morgan fingerprint density at radius 1 is 1.12 bits per heavy atom. The maximum absolute atomic E-state index is 13.1. The normalized spacial score (nSPS) is 15.7. The minimum atomic E-state index is -0.510. The molecule has 1 fully saturated rings. The smallest absolute Gasteiger partial charge is 0.294 e. The molecule has 2 heterocycles. The van der Waals surface area contributed by atoms with Crippen LogP contribution in [0.1, 0.15) is 27.8 Å². The number of amides is 3. The molecular weight excluding hydrogens is 594 g/mol. The number of rotatable bonds is 7. The van der Waals surface area contributed by atoms with E-state index in [1.54, 1.807) is 35.2 Å². The molecule has 0 saturated carbocycles. The fourth-order valence-corrected chi connectivity index (χ4v) is 6.01. The van der Waals surface area contributed by atoms with Crippen LogP contribution in [0, 0.1) is 11.3 Å². The fourth-order valence-electron chi connectivity index (χ4n) is 4.60. The number of imide groups is 1. The van der Waals surface area contributed by atoms with Crippen LogP contribution in [0.2, 0.25) is 0 Å². The van der Waals surface area contributed by atoms with E-state index >= 15 is 0 Å². The van der Waals surface area contributed by atoms with Crippen molar-refractivity contribution in [3.05, 3.63) is 97.9 Å². The van der Waals surface area contributed by atoms with Gasteiger partial charge in [-0.15, -0.1) is 0 Å².